The minimum Gasteiger partial charge on any atom is -0.292 e. The fraction of sp³-hybridized carbons (Fsp3) is 0.429. The van der Waals surface area contributed by atoms with E-state index in [4.69, 9.17) is 0 Å². The zero-order chi connectivity index (χ0) is 13.1. The van der Waals surface area contributed by atoms with Crippen LogP contribution in [0.4, 0.5) is 0 Å². The molecule has 2 heterocycles. The summed E-state index contributed by atoms with van der Waals surface area (Å²) in [6.45, 7) is 0. The summed E-state index contributed by atoms with van der Waals surface area (Å²) >= 11 is 0. The van der Waals surface area contributed by atoms with Crippen molar-refractivity contribution in [2.75, 3.05) is 0 Å². The minimum absolute atomic E-state index is 0.0147. The highest BCUT2D eigenvalue weighted by atomic mass is 16.1. The first-order chi connectivity index (χ1) is 9.33. The molecular weight excluding hydrogens is 240 g/mol. The molecule has 2 aromatic heterocycles. The van der Waals surface area contributed by atoms with Crippen LogP contribution in [0.5, 0.6) is 0 Å². The van der Waals surface area contributed by atoms with E-state index in [0.717, 1.165) is 5.69 Å². The molecule has 0 unspecified atom stereocenters. The van der Waals surface area contributed by atoms with Crippen molar-refractivity contribution in [3.05, 3.63) is 42.2 Å². The molecule has 98 valence electrons. The number of hydrogen-bond donors (Lipinski definition) is 0. The van der Waals surface area contributed by atoms with Gasteiger partial charge in [0.05, 0.1) is 18.2 Å². The van der Waals surface area contributed by atoms with Gasteiger partial charge in [0.1, 0.15) is 12.0 Å². The molecule has 5 nitrogen and oxygen atoms in total. The Morgan fingerprint density at radius 3 is 2.89 bits per heavy atom. The number of Topliss-reactive ketones (excluding diaryl/α,β-unsaturated/α-hetero) is 1. The summed E-state index contributed by atoms with van der Waals surface area (Å²) in [7, 11) is 0. The summed E-state index contributed by atoms with van der Waals surface area (Å²) in [4.78, 5) is 19.8. The maximum Gasteiger partial charge on any atom is 0.187 e. The fourth-order valence-corrected chi connectivity index (χ4v) is 2.55. The number of rotatable bonds is 4. The lowest BCUT2D eigenvalue weighted by Crippen LogP contribution is -2.09. The first-order valence-electron chi connectivity index (χ1n) is 6.66. The van der Waals surface area contributed by atoms with Crippen LogP contribution >= 0.6 is 0 Å². The number of hydrogen-bond acceptors (Lipinski definition) is 4. The van der Waals surface area contributed by atoms with Crippen LogP contribution in [-0.2, 0) is 6.42 Å². The topological polar surface area (TPSA) is 60.7 Å². The Morgan fingerprint density at radius 1 is 1.32 bits per heavy atom. The van der Waals surface area contributed by atoms with Crippen molar-refractivity contribution in [3.8, 4) is 0 Å². The number of carbonyl (C=O) groups is 1. The first kappa shape index (κ1) is 12.0. The highest BCUT2D eigenvalue weighted by Crippen LogP contribution is 2.28. The van der Waals surface area contributed by atoms with Gasteiger partial charge in [0.2, 0.25) is 0 Å². The largest absolute Gasteiger partial charge is 0.292 e. The van der Waals surface area contributed by atoms with Crippen molar-refractivity contribution in [2.24, 2.45) is 0 Å². The molecule has 0 spiro atoms. The van der Waals surface area contributed by atoms with Gasteiger partial charge in [-0.2, -0.15) is 5.10 Å². The Morgan fingerprint density at radius 2 is 2.16 bits per heavy atom. The zero-order valence-electron chi connectivity index (χ0n) is 10.7. The fourth-order valence-electron chi connectivity index (χ4n) is 2.55. The summed E-state index contributed by atoms with van der Waals surface area (Å²) in [6, 6.07) is 4.08. The molecule has 0 radical (unpaired) electrons. The van der Waals surface area contributed by atoms with E-state index < -0.39 is 0 Å². The first-order valence-corrected chi connectivity index (χ1v) is 6.66. The highest BCUT2D eigenvalue weighted by Gasteiger charge is 2.18. The van der Waals surface area contributed by atoms with Crippen LogP contribution in [0.3, 0.4) is 0 Å². The van der Waals surface area contributed by atoms with Crippen molar-refractivity contribution >= 4 is 5.78 Å². The molecule has 2 aromatic rings. The van der Waals surface area contributed by atoms with E-state index in [-0.39, 0.29) is 5.78 Å². The third kappa shape index (κ3) is 2.70. The number of aromatic nitrogens is 4. The third-order valence-electron chi connectivity index (χ3n) is 3.57. The van der Waals surface area contributed by atoms with Gasteiger partial charge in [0.25, 0.3) is 0 Å². The molecule has 0 aromatic carbocycles. The van der Waals surface area contributed by atoms with Crippen molar-refractivity contribution in [2.45, 2.75) is 38.1 Å². The second kappa shape index (κ2) is 5.30. The van der Waals surface area contributed by atoms with E-state index in [9.17, 15) is 4.79 Å². The van der Waals surface area contributed by atoms with E-state index >= 15 is 0 Å². The van der Waals surface area contributed by atoms with Gasteiger partial charge in [-0.1, -0.05) is 12.8 Å². The Balaban J connectivity index is 1.68. The quantitative estimate of drug-likeness (QED) is 0.787. The van der Waals surface area contributed by atoms with E-state index in [0.29, 0.717) is 18.2 Å². The van der Waals surface area contributed by atoms with Crippen LogP contribution in [0.2, 0.25) is 0 Å². The molecular formula is C14H16N4O. The van der Waals surface area contributed by atoms with Gasteiger partial charge in [0, 0.05) is 12.4 Å². The SMILES string of the molecule is O=C(Cc1ccn(C2CCCC2)n1)c1ccncn1. The lowest BCUT2D eigenvalue weighted by molar-refractivity contribution is 0.0986. The van der Waals surface area contributed by atoms with Crippen LogP contribution in [-0.4, -0.2) is 25.5 Å². The molecule has 19 heavy (non-hydrogen) atoms. The maximum atomic E-state index is 12.0. The Bertz CT molecular complexity index is 558. The number of ketones is 1. The molecule has 0 N–H and O–H groups in total. The highest BCUT2D eigenvalue weighted by molar-refractivity contribution is 5.95. The predicted octanol–water partition coefficient (Wildman–Crippen LogP) is 2.21. The second-order valence-electron chi connectivity index (χ2n) is 4.92. The van der Waals surface area contributed by atoms with E-state index in [2.05, 4.69) is 15.1 Å². The van der Waals surface area contributed by atoms with Gasteiger partial charge in [0.15, 0.2) is 5.78 Å². The van der Waals surface area contributed by atoms with Crippen molar-refractivity contribution in [3.63, 3.8) is 0 Å². The summed E-state index contributed by atoms with van der Waals surface area (Å²) in [5, 5.41) is 4.51. The molecule has 0 saturated heterocycles. The normalized spacial score (nSPS) is 15.8. The minimum atomic E-state index is -0.0147. The molecule has 1 saturated carbocycles. The van der Waals surface area contributed by atoms with Crippen LogP contribution in [0.25, 0.3) is 0 Å². The van der Waals surface area contributed by atoms with Crippen molar-refractivity contribution in [1.29, 1.82) is 0 Å². The van der Waals surface area contributed by atoms with Gasteiger partial charge in [-0.05, 0) is 25.0 Å². The monoisotopic (exact) mass is 256 g/mol. The van der Waals surface area contributed by atoms with Gasteiger partial charge < -0.3 is 0 Å². The van der Waals surface area contributed by atoms with Gasteiger partial charge >= 0.3 is 0 Å². The maximum absolute atomic E-state index is 12.0. The van der Waals surface area contributed by atoms with Crippen molar-refractivity contribution < 1.29 is 4.79 Å². The molecule has 3 rings (SSSR count). The predicted molar refractivity (Wildman–Crippen MR) is 69.8 cm³/mol. The van der Waals surface area contributed by atoms with Gasteiger partial charge in [-0.25, -0.2) is 9.97 Å². The summed E-state index contributed by atoms with van der Waals surface area (Å²) in [5.74, 6) is -0.0147. The average Bonchev–Trinajstić information content (AvgIpc) is 3.10. The lowest BCUT2D eigenvalue weighted by atomic mass is 10.2. The second-order valence-corrected chi connectivity index (χ2v) is 4.92. The molecule has 0 amide bonds. The van der Waals surface area contributed by atoms with Crippen LogP contribution < -0.4 is 0 Å². The molecule has 0 bridgehead atoms. The van der Waals surface area contributed by atoms with E-state index in [1.807, 2.05) is 16.9 Å². The standard InChI is InChI=1S/C14H16N4O/c19-14(13-5-7-15-10-16-13)9-11-6-8-18(17-11)12-3-1-2-4-12/h5-8,10,12H,1-4,9H2. The third-order valence-corrected chi connectivity index (χ3v) is 3.57. The molecule has 0 aliphatic heterocycles. The van der Waals surface area contributed by atoms with Crippen LogP contribution in [0.1, 0.15) is 47.9 Å². The Kier molecular flexibility index (Phi) is 3.35. The van der Waals surface area contributed by atoms with Crippen LogP contribution in [0, 0.1) is 0 Å². The van der Waals surface area contributed by atoms with E-state index in [1.165, 1.54) is 32.0 Å². The molecule has 1 aliphatic rings. The Labute approximate surface area is 111 Å². The zero-order valence-corrected chi connectivity index (χ0v) is 10.7. The average molecular weight is 256 g/mol. The molecule has 0 atom stereocenters. The smallest absolute Gasteiger partial charge is 0.187 e. The molecule has 1 fully saturated rings. The molecule has 5 heteroatoms. The number of carbonyl (C=O) groups excluding carboxylic acids is 1. The molecule has 1 aliphatic carbocycles. The van der Waals surface area contributed by atoms with Gasteiger partial charge in [-0.15, -0.1) is 0 Å². The Hall–Kier alpha value is -2.04. The summed E-state index contributed by atoms with van der Waals surface area (Å²) < 4.78 is 2.01. The van der Waals surface area contributed by atoms with Crippen LogP contribution in [0.15, 0.2) is 30.9 Å². The number of nitrogens with zero attached hydrogens (tertiary/aromatic N) is 4. The van der Waals surface area contributed by atoms with E-state index in [1.54, 1.807) is 12.3 Å². The summed E-state index contributed by atoms with van der Waals surface area (Å²) in [5.41, 5.74) is 1.26. The van der Waals surface area contributed by atoms with Gasteiger partial charge in [-0.3, -0.25) is 9.48 Å². The summed E-state index contributed by atoms with van der Waals surface area (Å²) in [6.07, 6.45) is 10.2. The lowest BCUT2D eigenvalue weighted by Gasteiger charge is -2.08. The van der Waals surface area contributed by atoms with Crippen molar-refractivity contribution in [1.82, 2.24) is 19.7 Å².